The number of ether oxygens (including phenoxy) is 1. The first-order chi connectivity index (χ1) is 11.2. The molecule has 3 rings (SSSR count). The summed E-state index contributed by atoms with van der Waals surface area (Å²) in [6, 6.07) is 7.21. The molecule has 1 atom stereocenters. The smallest absolute Gasteiger partial charge is 0.316 e. The number of hydrogen-bond acceptors (Lipinski definition) is 4. The van der Waals surface area contributed by atoms with Crippen molar-refractivity contribution in [2.75, 3.05) is 7.11 Å². The van der Waals surface area contributed by atoms with Crippen LogP contribution in [0.3, 0.4) is 0 Å². The van der Waals surface area contributed by atoms with Crippen LogP contribution in [0.25, 0.3) is 0 Å². The van der Waals surface area contributed by atoms with Crippen LogP contribution < -0.4 is 4.74 Å². The predicted octanol–water partition coefficient (Wildman–Crippen LogP) is 3.03. The summed E-state index contributed by atoms with van der Waals surface area (Å²) in [6.45, 7) is 1.91. The normalized spacial score (nSPS) is 12.1. The van der Waals surface area contributed by atoms with E-state index >= 15 is 0 Å². The molecule has 6 heteroatoms. The summed E-state index contributed by atoms with van der Waals surface area (Å²) < 4.78 is 19.5. The average molecular weight is 312 g/mol. The van der Waals surface area contributed by atoms with Gasteiger partial charge in [0.05, 0.1) is 13.4 Å². The number of nitrogens with one attached hydrogen (secondary N) is 1. The molecule has 0 aliphatic heterocycles. The van der Waals surface area contributed by atoms with E-state index in [2.05, 4.69) is 19.9 Å². The third-order valence-corrected chi connectivity index (χ3v) is 3.80. The third kappa shape index (κ3) is 3.21. The first-order valence-electron chi connectivity index (χ1n) is 7.28. The van der Waals surface area contributed by atoms with Crippen LogP contribution in [0.15, 0.2) is 43.0 Å². The Morgan fingerprint density at radius 2 is 2.17 bits per heavy atom. The van der Waals surface area contributed by atoms with Crippen molar-refractivity contribution in [2.45, 2.75) is 19.3 Å². The van der Waals surface area contributed by atoms with Crippen LogP contribution >= 0.6 is 0 Å². The lowest BCUT2D eigenvalue weighted by molar-refractivity contribution is 0.377. The number of benzene rings is 1. The number of halogens is 1. The molecule has 0 fully saturated rings. The fraction of sp³-hybridized carbons (Fsp3) is 0.235. The summed E-state index contributed by atoms with van der Waals surface area (Å²) in [5.41, 5.74) is 3.16. The Bertz CT molecular complexity index is 769. The highest BCUT2D eigenvalue weighted by Crippen LogP contribution is 2.31. The molecule has 0 radical (unpaired) electrons. The van der Waals surface area contributed by atoms with Gasteiger partial charge in [-0.15, -0.1) is 0 Å². The van der Waals surface area contributed by atoms with E-state index in [1.54, 1.807) is 24.8 Å². The standard InChI is InChI=1S/C17H17FN4O/c1-11-4-3-5-14(18)16(11)13(15-9-19-10-21-15)8-12-6-7-20-17(22-12)23-2/h3-7,9-10,13H,8H2,1-2H3,(H,19,21). The van der Waals surface area contributed by atoms with Gasteiger partial charge in [0.2, 0.25) is 0 Å². The third-order valence-electron chi connectivity index (χ3n) is 3.80. The molecule has 0 bridgehead atoms. The molecule has 5 nitrogen and oxygen atoms in total. The molecule has 1 unspecified atom stereocenters. The molecule has 23 heavy (non-hydrogen) atoms. The van der Waals surface area contributed by atoms with Gasteiger partial charge in [0.15, 0.2) is 0 Å². The number of hydrogen-bond donors (Lipinski definition) is 1. The van der Waals surface area contributed by atoms with Crippen LogP contribution in [0.2, 0.25) is 0 Å². The van der Waals surface area contributed by atoms with Crippen molar-refractivity contribution in [3.05, 3.63) is 71.3 Å². The van der Waals surface area contributed by atoms with Gasteiger partial charge in [-0.05, 0) is 24.6 Å². The fourth-order valence-electron chi connectivity index (χ4n) is 2.71. The van der Waals surface area contributed by atoms with Crippen molar-refractivity contribution < 1.29 is 9.13 Å². The minimum Gasteiger partial charge on any atom is -0.467 e. The van der Waals surface area contributed by atoms with Crippen molar-refractivity contribution in [3.8, 4) is 6.01 Å². The van der Waals surface area contributed by atoms with E-state index in [0.29, 0.717) is 18.0 Å². The summed E-state index contributed by atoms with van der Waals surface area (Å²) in [7, 11) is 1.52. The van der Waals surface area contributed by atoms with E-state index in [9.17, 15) is 4.39 Å². The molecule has 0 saturated carbocycles. The predicted molar refractivity (Wildman–Crippen MR) is 83.9 cm³/mol. The quantitative estimate of drug-likeness (QED) is 0.786. The molecule has 2 aromatic heterocycles. The molecule has 0 aliphatic rings. The number of nitrogens with zero attached hydrogens (tertiary/aromatic N) is 3. The summed E-state index contributed by atoms with van der Waals surface area (Å²) in [4.78, 5) is 15.5. The van der Waals surface area contributed by atoms with E-state index in [1.807, 2.05) is 19.1 Å². The zero-order valence-corrected chi connectivity index (χ0v) is 13.0. The van der Waals surface area contributed by atoms with Gasteiger partial charge < -0.3 is 9.72 Å². The highest BCUT2D eigenvalue weighted by atomic mass is 19.1. The van der Waals surface area contributed by atoms with Crippen molar-refractivity contribution in [1.29, 1.82) is 0 Å². The fourth-order valence-corrected chi connectivity index (χ4v) is 2.71. The molecular weight excluding hydrogens is 295 g/mol. The van der Waals surface area contributed by atoms with Crippen LogP contribution in [0, 0.1) is 12.7 Å². The summed E-state index contributed by atoms with van der Waals surface area (Å²) in [5.74, 6) is -0.441. The maximum atomic E-state index is 14.4. The van der Waals surface area contributed by atoms with Gasteiger partial charge in [-0.25, -0.2) is 19.3 Å². The average Bonchev–Trinajstić information content (AvgIpc) is 3.08. The molecule has 3 aromatic rings. The van der Waals surface area contributed by atoms with Crippen molar-refractivity contribution in [2.24, 2.45) is 0 Å². The molecule has 2 heterocycles. The van der Waals surface area contributed by atoms with Gasteiger partial charge in [-0.2, -0.15) is 0 Å². The van der Waals surface area contributed by atoms with Gasteiger partial charge in [0, 0.05) is 41.7 Å². The van der Waals surface area contributed by atoms with Crippen LogP contribution in [0.5, 0.6) is 6.01 Å². The topological polar surface area (TPSA) is 63.7 Å². The lowest BCUT2D eigenvalue weighted by Crippen LogP contribution is -2.11. The second kappa shape index (κ2) is 6.56. The largest absolute Gasteiger partial charge is 0.467 e. The molecule has 0 aliphatic carbocycles. The number of imidazole rings is 1. The van der Waals surface area contributed by atoms with E-state index in [4.69, 9.17) is 4.74 Å². The first kappa shape index (κ1) is 15.1. The van der Waals surface area contributed by atoms with E-state index in [1.165, 1.54) is 13.2 Å². The first-order valence-corrected chi connectivity index (χ1v) is 7.28. The van der Waals surface area contributed by atoms with Gasteiger partial charge >= 0.3 is 6.01 Å². The maximum Gasteiger partial charge on any atom is 0.316 e. The second-order valence-electron chi connectivity index (χ2n) is 5.27. The van der Waals surface area contributed by atoms with E-state index in [-0.39, 0.29) is 11.7 Å². The number of H-pyrrole nitrogens is 1. The van der Waals surface area contributed by atoms with Gasteiger partial charge in [0.25, 0.3) is 0 Å². The number of methoxy groups -OCH3 is 1. The Labute approximate surface area is 133 Å². The number of aromatic amines is 1. The Kier molecular flexibility index (Phi) is 4.32. The minimum atomic E-state index is -0.231. The second-order valence-corrected chi connectivity index (χ2v) is 5.27. The number of aryl methyl sites for hydroxylation is 1. The minimum absolute atomic E-state index is 0.210. The zero-order valence-electron chi connectivity index (χ0n) is 13.0. The zero-order chi connectivity index (χ0) is 16.2. The van der Waals surface area contributed by atoms with Crippen molar-refractivity contribution >= 4 is 0 Å². The van der Waals surface area contributed by atoms with Crippen LogP contribution in [-0.2, 0) is 6.42 Å². The van der Waals surface area contributed by atoms with E-state index < -0.39 is 0 Å². The van der Waals surface area contributed by atoms with Crippen molar-refractivity contribution in [1.82, 2.24) is 19.9 Å². The van der Waals surface area contributed by atoms with Gasteiger partial charge in [0.1, 0.15) is 5.82 Å². The Morgan fingerprint density at radius 3 is 2.87 bits per heavy atom. The number of rotatable bonds is 5. The molecule has 0 amide bonds. The van der Waals surface area contributed by atoms with E-state index in [0.717, 1.165) is 17.0 Å². The van der Waals surface area contributed by atoms with Gasteiger partial charge in [-0.3, -0.25) is 0 Å². The van der Waals surface area contributed by atoms with Crippen LogP contribution in [0.1, 0.15) is 28.4 Å². The van der Waals surface area contributed by atoms with Gasteiger partial charge in [-0.1, -0.05) is 12.1 Å². The summed E-state index contributed by atoms with van der Waals surface area (Å²) in [5, 5.41) is 0. The lowest BCUT2D eigenvalue weighted by Gasteiger charge is -2.19. The summed E-state index contributed by atoms with van der Waals surface area (Å²) >= 11 is 0. The summed E-state index contributed by atoms with van der Waals surface area (Å²) in [6.07, 6.45) is 5.47. The molecule has 1 aromatic carbocycles. The molecular formula is C17H17FN4O. The maximum absolute atomic E-state index is 14.4. The van der Waals surface area contributed by atoms with Crippen molar-refractivity contribution in [3.63, 3.8) is 0 Å². The Balaban J connectivity index is 2.03. The highest BCUT2D eigenvalue weighted by Gasteiger charge is 2.22. The molecule has 0 saturated heterocycles. The Hall–Kier alpha value is -2.76. The van der Waals surface area contributed by atoms with Crippen LogP contribution in [-0.4, -0.2) is 27.0 Å². The SMILES string of the molecule is COc1nccc(CC(c2cnc[nH]2)c2c(C)cccc2F)n1. The Morgan fingerprint density at radius 1 is 1.30 bits per heavy atom. The molecule has 1 N–H and O–H groups in total. The lowest BCUT2D eigenvalue weighted by atomic mass is 9.88. The molecule has 0 spiro atoms. The number of aromatic nitrogens is 4. The molecule has 118 valence electrons. The highest BCUT2D eigenvalue weighted by molar-refractivity contribution is 5.37. The monoisotopic (exact) mass is 312 g/mol. The van der Waals surface area contributed by atoms with Crippen LogP contribution in [0.4, 0.5) is 4.39 Å².